The fraction of sp³-hybridized carbons (Fsp3) is 0.455. The number of halogens is 2. The van der Waals surface area contributed by atoms with Crippen LogP contribution >= 0.6 is 15.9 Å². The van der Waals surface area contributed by atoms with Crippen LogP contribution in [0, 0.1) is 5.82 Å². The van der Waals surface area contributed by atoms with E-state index in [0.717, 1.165) is 13.1 Å². The molecule has 84 valence electrons. The molecule has 0 amide bonds. The van der Waals surface area contributed by atoms with E-state index in [1.807, 2.05) is 13.8 Å². The predicted molar refractivity (Wildman–Crippen MR) is 62.7 cm³/mol. The summed E-state index contributed by atoms with van der Waals surface area (Å²) in [5.74, 6) is 0.252. The molecule has 1 aromatic carbocycles. The minimum Gasteiger partial charge on any atom is -0.489 e. The maximum atomic E-state index is 13.0. The molecule has 0 aliphatic carbocycles. The van der Waals surface area contributed by atoms with Gasteiger partial charge in [0, 0.05) is 17.1 Å². The van der Waals surface area contributed by atoms with E-state index in [1.54, 1.807) is 6.07 Å². The molecule has 0 aliphatic rings. The first-order chi connectivity index (χ1) is 7.11. The molecule has 0 saturated carbocycles. The van der Waals surface area contributed by atoms with Crippen molar-refractivity contribution < 1.29 is 9.13 Å². The van der Waals surface area contributed by atoms with Gasteiger partial charge in [-0.1, -0.05) is 22.9 Å². The summed E-state index contributed by atoms with van der Waals surface area (Å²) < 4.78 is 19.2. The summed E-state index contributed by atoms with van der Waals surface area (Å²) in [6.07, 6.45) is 0.0265. The van der Waals surface area contributed by atoms with Crippen molar-refractivity contribution in [3.8, 4) is 5.75 Å². The lowest BCUT2D eigenvalue weighted by Crippen LogP contribution is -2.28. The molecule has 0 fully saturated rings. The third-order valence-electron chi connectivity index (χ3n) is 1.86. The van der Waals surface area contributed by atoms with E-state index in [1.165, 1.54) is 12.1 Å². The zero-order valence-corrected chi connectivity index (χ0v) is 10.5. The van der Waals surface area contributed by atoms with Gasteiger partial charge in [-0.25, -0.2) is 4.39 Å². The van der Waals surface area contributed by atoms with Gasteiger partial charge in [0.15, 0.2) is 0 Å². The molecule has 0 spiro atoms. The Bertz CT molecular complexity index is 299. The second-order valence-corrected chi connectivity index (χ2v) is 4.26. The molecule has 2 nitrogen and oxygen atoms in total. The van der Waals surface area contributed by atoms with Gasteiger partial charge in [-0.3, -0.25) is 0 Å². The lowest BCUT2D eigenvalue weighted by Gasteiger charge is -2.15. The SMILES string of the molecule is CCNCC(C)Oc1cc(F)cc(Br)c1. The molecule has 0 aromatic heterocycles. The smallest absolute Gasteiger partial charge is 0.128 e. The van der Waals surface area contributed by atoms with Crippen molar-refractivity contribution in [2.45, 2.75) is 20.0 Å². The van der Waals surface area contributed by atoms with Crippen molar-refractivity contribution in [3.05, 3.63) is 28.5 Å². The molecule has 1 N–H and O–H groups in total. The molecule has 0 aliphatic heterocycles. The highest BCUT2D eigenvalue weighted by molar-refractivity contribution is 9.10. The summed E-state index contributed by atoms with van der Waals surface area (Å²) in [5, 5.41) is 3.17. The van der Waals surface area contributed by atoms with Crippen molar-refractivity contribution in [1.29, 1.82) is 0 Å². The van der Waals surface area contributed by atoms with Gasteiger partial charge in [-0.15, -0.1) is 0 Å². The van der Waals surface area contributed by atoms with Crippen LogP contribution in [-0.4, -0.2) is 19.2 Å². The molecule has 4 heteroatoms. The average Bonchev–Trinajstić information content (AvgIpc) is 2.13. The van der Waals surface area contributed by atoms with Gasteiger partial charge in [-0.05, 0) is 25.6 Å². The molecule has 0 saturated heterocycles. The summed E-state index contributed by atoms with van der Waals surface area (Å²) in [5.41, 5.74) is 0. The molecule has 0 heterocycles. The molecule has 0 bridgehead atoms. The first-order valence-electron chi connectivity index (χ1n) is 4.95. The largest absolute Gasteiger partial charge is 0.489 e. The topological polar surface area (TPSA) is 21.3 Å². The molecule has 1 unspecified atom stereocenters. The number of hydrogen-bond acceptors (Lipinski definition) is 2. The summed E-state index contributed by atoms with van der Waals surface area (Å²) >= 11 is 3.22. The summed E-state index contributed by atoms with van der Waals surface area (Å²) in [6, 6.07) is 4.54. The quantitative estimate of drug-likeness (QED) is 0.892. The van der Waals surface area contributed by atoms with E-state index < -0.39 is 0 Å². The van der Waals surface area contributed by atoms with Crippen LogP contribution in [0.1, 0.15) is 13.8 Å². The second-order valence-electron chi connectivity index (χ2n) is 3.34. The van der Waals surface area contributed by atoms with E-state index in [0.29, 0.717) is 10.2 Å². The Labute approximate surface area is 98.0 Å². The second kappa shape index (κ2) is 6.08. The highest BCUT2D eigenvalue weighted by atomic mass is 79.9. The van der Waals surface area contributed by atoms with E-state index in [4.69, 9.17) is 4.74 Å². The Hall–Kier alpha value is -0.610. The third kappa shape index (κ3) is 4.62. The first-order valence-corrected chi connectivity index (χ1v) is 5.74. The van der Waals surface area contributed by atoms with Gasteiger partial charge in [0.1, 0.15) is 17.7 Å². The monoisotopic (exact) mass is 275 g/mol. The van der Waals surface area contributed by atoms with Crippen LogP contribution in [-0.2, 0) is 0 Å². The Balaban J connectivity index is 2.56. The minimum absolute atomic E-state index is 0.0265. The number of benzene rings is 1. The maximum absolute atomic E-state index is 13.0. The molecule has 1 aromatic rings. The van der Waals surface area contributed by atoms with Crippen LogP contribution in [0.25, 0.3) is 0 Å². The zero-order valence-electron chi connectivity index (χ0n) is 8.89. The van der Waals surface area contributed by atoms with Gasteiger partial charge < -0.3 is 10.1 Å². The number of likely N-dealkylation sites (N-methyl/N-ethyl adjacent to an activating group) is 1. The first kappa shape index (κ1) is 12.5. The van der Waals surface area contributed by atoms with Crippen LogP contribution < -0.4 is 10.1 Å². The van der Waals surface area contributed by atoms with Gasteiger partial charge in [-0.2, -0.15) is 0 Å². The number of hydrogen-bond donors (Lipinski definition) is 1. The highest BCUT2D eigenvalue weighted by Gasteiger charge is 2.05. The number of rotatable bonds is 5. The van der Waals surface area contributed by atoms with Crippen LogP contribution in [0.2, 0.25) is 0 Å². The Morgan fingerprint density at radius 1 is 1.47 bits per heavy atom. The third-order valence-corrected chi connectivity index (χ3v) is 2.31. The molecule has 1 atom stereocenters. The molecular weight excluding hydrogens is 261 g/mol. The van der Waals surface area contributed by atoms with Gasteiger partial charge in [0.2, 0.25) is 0 Å². The summed E-state index contributed by atoms with van der Waals surface area (Å²) in [6.45, 7) is 5.64. The molecular formula is C11H15BrFNO. The fourth-order valence-electron chi connectivity index (χ4n) is 1.22. The van der Waals surface area contributed by atoms with Crippen LogP contribution in [0.3, 0.4) is 0 Å². The number of ether oxygens (including phenoxy) is 1. The van der Waals surface area contributed by atoms with Crippen LogP contribution in [0.4, 0.5) is 4.39 Å². The maximum Gasteiger partial charge on any atom is 0.128 e. The van der Waals surface area contributed by atoms with Crippen molar-refractivity contribution >= 4 is 15.9 Å². The highest BCUT2D eigenvalue weighted by Crippen LogP contribution is 2.21. The van der Waals surface area contributed by atoms with Gasteiger partial charge in [0.25, 0.3) is 0 Å². The summed E-state index contributed by atoms with van der Waals surface area (Å²) in [7, 11) is 0. The Kier molecular flexibility index (Phi) is 5.05. The van der Waals surface area contributed by atoms with Crippen molar-refractivity contribution in [2.24, 2.45) is 0 Å². The van der Waals surface area contributed by atoms with E-state index >= 15 is 0 Å². The standard InChI is InChI=1S/C11H15BrFNO/c1-3-14-7-8(2)15-11-5-9(12)4-10(13)6-11/h4-6,8,14H,3,7H2,1-2H3. The van der Waals surface area contributed by atoms with Crippen molar-refractivity contribution in [2.75, 3.05) is 13.1 Å². The minimum atomic E-state index is -0.296. The Morgan fingerprint density at radius 2 is 2.20 bits per heavy atom. The van der Waals surface area contributed by atoms with Crippen molar-refractivity contribution in [3.63, 3.8) is 0 Å². The lowest BCUT2D eigenvalue weighted by molar-refractivity contribution is 0.217. The van der Waals surface area contributed by atoms with Crippen LogP contribution in [0.5, 0.6) is 5.75 Å². The Morgan fingerprint density at radius 3 is 2.80 bits per heavy atom. The van der Waals surface area contributed by atoms with Gasteiger partial charge >= 0.3 is 0 Å². The van der Waals surface area contributed by atoms with E-state index in [-0.39, 0.29) is 11.9 Å². The number of nitrogens with one attached hydrogen (secondary N) is 1. The summed E-state index contributed by atoms with van der Waals surface area (Å²) in [4.78, 5) is 0. The van der Waals surface area contributed by atoms with E-state index in [2.05, 4.69) is 21.2 Å². The normalized spacial score (nSPS) is 12.5. The average molecular weight is 276 g/mol. The van der Waals surface area contributed by atoms with Crippen LogP contribution in [0.15, 0.2) is 22.7 Å². The molecule has 0 radical (unpaired) electrons. The lowest BCUT2D eigenvalue weighted by atomic mass is 10.3. The van der Waals surface area contributed by atoms with E-state index in [9.17, 15) is 4.39 Å². The van der Waals surface area contributed by atoms with Crippen molar-refractivity contribution in [1.82, 2.24) is 5.32 Å². The zero-order chi connectivity index (χ0) is 11.3. The molecule has 1 rings (SSSR count). The van der Waals surface area contributed by atoms with Gasteiger partial charge in [0.05, 0.1) is 0 Å². The molecule has 15 heavy (non-hydrogen) atoms. The predicted octanol–water partition coefficient (Wildman–Crippen LogP) is 2.97. The fourth-order valence-corrected chi connectivity index (χ4v) is 1.66.